The summed E-state index contributed by atoms with van der Waals surface area (Å²) in [5.74, 6) is -0.332. The molecule has 0 spiro atoms. The predicted molar refractivity (Wildman–Crippen MR) is 51.5 cm³/mol. The molecule has 1 amide bonds. The van der Waals surface area contributed by atoms with E-state index in [-0.39, 0.29) is 11.3 Å². The van der Waals surface area contributed by atoms with Gasteiger partial charge in [-0.3, -0.25) is 4.79 Å². The van der Waals surface area contributed by atoms with Crippen molar-refractivity contribution >= 4 is 17.2 Å². The van der Waals surface area contributed by atoms with Crippen molar-refractivity contribution in [2.45, 2.75) is 26.2 Å². The van der Waals surface area contributed by atoms with Crippen molar-refractivity contribution in [3.63, 3.8) is 0 Å². The Kier molecular flexibility index (Phi) is 2.24. The molecule has 0 unspecified atom stereocenters. The fourth-order valence-corrected chi connectivity index (χ4v) is 2.13. The monoisotopic (exact) mass is 183 g/mol. The second-order valence-electron chi connectivity index (χ2n) is 3.81. The lowest BCUT2D eigenvalue weighted by Crippen LogP contribution is -2.19. The molecule has 2 nitrogen and oxygen atoms in total. The van der Waals surface area contributed by atoms with E-state index < -0.39 is 0 Å². The average Bonchev–Trinajstić information content (AvgIpc) is 2.30. The van der Waals surface area contributed by atoms with Crippen molar-refractivity contribution < 1.29 is 4.79 Å². The van der Waals surface area contributed by atoms with Crippen molar-refractivity contribution in [1.29, 1.82) is 0 Å². The van der Waals surface area contributed by atoms with Crippen molar-refractivity contribution in [3.05, 3.63) is 21.9 Å². The molecule has 0 aromatic carbocycles. The van der Waals surface area contributed by atoms with E-state index in [0.717, 1.165) is 5.56 Å². The van der Waals surface area contributed by atoms with E-state index in [9.17, 15) is 4.79 Å². The van der Waals surface area contributed by atoms with E-state index in [2.05, 4.69) is 20.8 Å². The normalized spacial score (nSPS) is 11.6. The number of carbonyl (C=O) groups is 1. The quantitative estimate of drug-likeness (QED) is 0.712. The number of primary amides is 1. The Morgan fingerprint density at radius 3 is 2.33 bits per heavy atom. The Morgan fingerprint density at radius 2 is 2.00 bits per heavy atom. The molecule has 1 heterocycles. The first-order valence-electron chi connectivity index (χ1n) is 3.79. The molecule has 0 aliphatic heterocycles. The van der Waals surface area contributed by atoms with Gasteiger partial charge in [0.1, 0.15) is 0 Å². The van der Waals surface area contributed by atoms with Gasteiger partial charge in [-0.05, 0) is 16.4 Å². The Morgan fingerprint density at radius 1 is 1.42 bits per heavy atom. The highest BCUT2D eigenvalue weighted by Gasteiger charge is 2.20. The van der Waals surface area contributed by atoms with Crippen molar-refractivity contribution in [2.24, 2.45) is 5.73 Å². The molecule has 0 fully saturated rings. The number of nitrogens with two attached hydrogens (primary N) is 1. The van der Waals surface area contributed by atoms with Gasteiger partial charge in [0, 0.05) is 5.38 Å². The van der Waals surface area contributed by atoms with Gasteiger partial charge in [0.2, 0.25) is 5.91 Å². The van der Waals surface area contributed by atoms with Gasteiger partial charge in [0.25, 0.3) is 0 Å². The fourth-order valence-electron chi connectivity index (χ4n) is 1.07. The summed E-state index contributed by atoms with van der Waals surface area (Å²) >= 11 is 1.52. The maximum absolute atomic E-state index is 11.0. The van der Waals surface area contributed by atoms with Crippen LogP contribution in [0.2, 0.25) is 0 Å². The Bertz CT molecular complexity index is 296. The number of amides is 1. The number of hydrogen-bond acceptors (Lipinski definition) is 2. The van der Waals surface area contributed by atoms with Gasteiger partial charge in [0.15, 0.2) is 0 Å². The third-order valence-corrected chi connectivity index (χ3v) is 2.48. The summed E-state index contributed by atoms with van der Waals surface area (Å²) in [6.07, 6.45) is 0. The summed E-state index contributed by atoms with van der Waals surface area (Å²) in [4.78, 5) is 11.0. The van der Waals surface area contributed by atoms with Gasteiger partial charge in [-0.2, -0.15) is 11.3 Å². The summed E-state index contributed by atoms with van der Waals surface area (Å²) in [6, 6.07) is 0. The lowest BCUT2D eigenvalue weighted by atomic mass is 9.86. The second kappa shape index (κ2) is 2.90. The van der Waals surface area contributed by atoms with Crippen LogP contribution < -0.4 is 5.73 Å². The molecule has 0 saturated carbocycles. The molecule has 0 saturated heterocycles. The number of hydrogen-bond donors (Lipinski definition) is 1. The van der Waals surface area contributed by atoms with Gasteiger partial charge in [0.05, 0.1) is 5.56 Å². The van der Waals surface area contributed by atoms with Crippen LogP contribution in [0.25, 0.3) is 0 Å². The van der Waals surface area contributed by atoms with Crippen molar-refractivity contribution in [2.75, 3.05) is 0 Å². The van der Waals surface area contributed by atoms with Crippen LogP contribution in [0.15, 0.2) is 10.8 Å². The van der Waals surface area contributed by atoms with Crippen LogP contribution in [0, 0.1) is 0 Å². The zero-order chi connectivity index (χ0) is 9.35. The number of carbonyl (C=O) groups excluding carboxylic acids is 1. The Labute approximate surface area is 76.4 Å². The summed E-state index contributed by atoms with van der Waals surface area (Å²) in [5, 5.41) is 3.79. The van der Waals surface area contributed by atoms with Gasteiger partial charge in [-0.25, -0.2) is 0 Å². The zero-order valence-electron chi connectivity index (χ0n) is 7.55. The van der Waals surface area contributed by atoms with E-state index in [1.807, 2.05) is 10.8 Å². The minimum absolute atomic E-state index is 0.00433. The second-order valence-corrected chi connectivity index (χ2v) is 4.56. The SMILES string of the molecule is CC(C)(C)c1cscc1C(N)=O. The van der Waals surface area contributed by atoms with Crippen LogP contribution >= 0.6 is 11.3 Å². The molecular formula is C9H13NOS. The smallest absolute Gasteiger partial charge is 0.249 e. The van der Waals surface area contributed by atoms with Gasteiger partial charge in [-0.15, -0.1) is 0 Å². The van der Waals surface area contributed by atoms with Crippen LogP contribution in [0.4, 0.5) is 0 Å². The minimum atomic E-state index is -0.332. The molecule has 1 aromatic rings. The largest absolute Gasteiger partial charge is 0.366 e. The van der Waals surface area contributed by atoms with Crippen LogP contribution in [-0.2, 0) is 5.41 Å². The highest BCUT2D eigenvalue weighted by molar-refractivity contribution is 7.08. The lowest BCUT2D eigenvalue weighted by molar-refractivity contribution is 0.0998. The first-order valence-corrected chi connectivity index (χ1v) is 4.73. The van der Waals surface area contributed by atoms with E-state index in [0.29, 0.717) is 5.56 Å². The molecule has 0 aliphatic carbocycles. The third kappa shape index (κ3) is 1.67. The fraction of sp³-hybridized carbons (Fsp3) is 0.444. The first-order chi connectivity index (χ1) is 5.43. The van der Waals surface area contributed by atoms with Crippen LogP contribution in [0.1, 0.15) is 36.7 Å². The molecule has 0 radical (unpaired) electrons. The minimum Gasteiger partial charge on any atom is -0.366 e. The van der Waals surface area contributed by atoms with Gasteiger partial charge >= 0.3 is 0 Å². The van der Waals surface area contributed by atoms with Gasteiger partial charge in [-0.1, -0.05) is 20.8 Å². The molecule has 1 aromatic heterocycles. The number of rotatable bonds is 1. The summed E-state index contributed by atoms with van der Waals surface area (Å²) in [5.41, 5.74) is 6.93. The molecule has 1 rings (SSSR count). The highest BCUT2D eigenvalue weighted by atomic mass is 32.1. The molecule has 12 heavy (non-hydrogen) atoms. The topological polar surface area (TPSA) is 43.1 Å². The van der Waals surface area contributed by atoms with Crippen molar-refractivity contribution in [1.82, 2.24) is 0 Å². The highest BCUT2D eigenvalue weighted by Crippen LogP contribution is 2.28. The maximum atomic E-state index is 11.0. The molecule has 2 N–H and O–H groups in total. The lowest BCUT2D eigenvalue weighted by Gasteiger charge is -2.18. The third-order valence-electron chi connectivity index (χ3n) is 1.74. The predicted octanol–water partition coefficient (Wildman–Crippen LogP) is 2.14. The van der Waals surface area contributed by atoms with E-state index >= 15 is 0 Å². The molecule has 0 atom stereocenters. The van der Waals surface area contributed by atoms with E-state index in [4.69, 9.17) is 5.73 Å². The Balaban J connectivity index is 3.17. The van der Waals surface area contributed by atoms with Gasteiger partial charge < -0.3 is 5.73 Å². The van der Waals surface area contributed by atoms with Crippen LogP contribution in [-0.4, -0.2) is 5.91 Å². The average molecular weight is 183 g/mol. The van der Waals surface area contributed by atoms with E-state index in [1.54, 1.807) is 0 Å². The summed E-state index contributed by atoms with van der Waals surface area (Å²) in [6.45, 7) is 6.21. The summed E-state index contributed by atoms with van der Waals surface area (Å²) < 4.78 is 0. The van der Waals surface area contributed by atoms with Crippen LogP contribution in [0.3, 0.4) is 0 Å². The standard InChI is InChI=1S/C9H13NOS/c1-9(2,3)7-5-12-4-6(7)8(10)11/h4-5H,1-3H3,(H2,10,11). The maximum Gasteiger partial charge on any atom is 0.249 e. The molecule has 3 heteroatoms. The molecule has 0 aliphatic rings. The van der Waals surface area contributed by atoms with Crippen LogP contribution in [0.5, 0.6) is 0 Å². The molecular weight excluding hydrogens is 170 g/mol. The molecule has 0 bridgehead atoms. The number of thiophene rings is 1. The van der Waals surface area contributed by atoms with Crippen molar-refractivity contribution in [3.8, 4) is 0 Å². The first kappa shape index (κ1) is 9.26. The molecule has 66 valence electrons. The Hall–Kier alpha value is -0.830. The van der Waals surface area contributed by atoms with E-state index in [1.165, 1.54) is 11.3 Å². The zero-order valence-corrected chi connectivity index (χ0v) is 8.37. The summed E-state index contributed by atoms with van der Waals surface area (Å²) in [7, 11) is 0.